The molecule has 0 aromatic heterocycles. The third kappa shape index (κ3) is 3.68. The zero-order chi connectivity index (χ0) is 12.9. The first-order valence-corrected chi connectivity index (χ1v) is 6.66. The molecule has 0 aliphatic heterocycles. The van der Waals surface area contributed by atoms with E-state index in [0.717, 1.165) is 25.7 Å². The Bertz CT molecular complexity index is 253. The van der Waals surface area contributed by atoms with Gasteiger partial charge in [0.2, 0.25) is 0 Å². The van der Waals surface area contributed by atoms with Crippen molar-refractivity contribution in [1.82, 2.24) is 5.32 Å². The maximum atomic E-state index is 11.5. The molecule has 0 bridgehead atoms. The summed E-state index contributed by atoms with van der Waals surface area (Å²) in [7, 11) is 0. The topological polar surface area (TPSA) is 58.6 Å². The highest BCUT2D eigenvalue weighted by Crippen LogP contribution is 2.40. The van der Waals surface area contributed by atoms with Crippen LogP contribution < -0.4 is 5.32 Å². The summed E-state index contributed by atoms with van der Waals surface area (Å²) in [6.45, 7) is 7.00. The highest BCUT2D eigenvalue weighted by atomic mass is 16.5. The van der Waals surface area contributed by atoms with Crippen molar-refractivity contribution in [2.24, 2.45) is 5.92 Å². The number of likely N-dealkylation sites (N-methyl/N-ethyl adjacent to an activating group) is 1. The first-order chi connectivity index (χ1) is 8.06. The lowest BCUT2D eigenvalue weighted by Gasteiger charge is -2.31. The monoisotopic (exact) mass is 243 g/mol. The molecule has 17 heavy (non-hydrogen) atoms. The van der Waals surface area contributed by atoms with Gasteiger partial charge in [-0.05, 0) is 38.6 Å². The fourth-order valence-corrected chi connectivity index (χ4v) is 2.28. The molecule has 4 nitrogen and oxygen atoms in total. The summed E-state index contributed by atoms with van der Waals surface area (Å²) < 4.78 is 5.72. The van der Waals surface area contributed by atoms with Crippen LogP contribution in [0.5, 0.6) is 0 Å². The maximum Gasteiger partial charge on any atom is 0.326 e. The average Bonchev–Trinajstić information content (AvgIpc) is 3.08. The quantitative estimate of drug-likeness (QED) is 0.650. The van der Waals surface area contributed by atoms with E-state index in [1.54, 1.807) is 0 Å². The van der Waals surface area contributed by atoms with Crippen LogP contribution in [-0.2, 0) is 9.53 Å². The zero-order valence-electron chi connectivity index (χ0n) is 11.2. The van der Waals surface area contributed by atoms with Gasteiger partial charge in [-0.1, -0.05) is 20.3 Å². The van der Waals surface area contributed by atoms with Crippen molar-refractivity contribution in [2.75, 3.05) is 13.2 Å². The number of rotatable bonds is 9. The first-order valence-electron chi connectivity index (χ1n) is 6.66. The number of carboxylic acids is 1. The number of aliphatic carboxylic acids is 1. The lowest BCUT2D eigenvalue weighted by atomic mass is 9.94. The van der Waals surface area contributed by atoms with Gasteiger partial charge in [-0.15, -0.1) is 0 Å². The molecular weight excluding hydrogens is 218 g/mol. The second kappa shape index (κ2) is 6.36. The van der Waals surface area contributed by atoms with Gasteiger partial charge in [0.1, 0.15) is 5.54 Å². The van der Waals surface area contributed by atoms with Crippen molar-refractivity contribution in [3.05, 3.63) is 0 Å². The number of carboxylic acid groups (broad SMARTS) is 1. The SMILES string of the molecule is CCCC(C)OCC(NCC)(C(=O)O)C1CC1. The molecule has 0 radical (unpaired) electrons. The van der Waals surface area contributed by atoms with Gasteiger partial charge in [-0.3, -0.25) is 10.1 Å². The molecular formula is C13H25NO3. The predicted molar refractivity (Wildman–Crippen MR) is 67.1 cm³/mol. The highest BCUT2D eigenvalue weighted by Gasteiger charge is 2.51. The second-order valence-corrected chi connectivity index (χ2v) is 4.99. The van der Waals surface area contributed by atoms with E-state index in [-0.39, 0.29) is 18.6 Å². The zero-order valence-corrected chi connectivity index (χ0v) is 11.2. The number of nitrogens with one attached hydrogen (secondary N) is 1. The van der Waals surface area contributed by atoms with Crippen LogP contribution in [0.25, 0.3) is 0 Å². The van der Waals surface area contributed by atoms with Crippen LogP contribution in [0.15, 0.2) is 0 Å². The van der Waals surface area contributed by atoms with E-state index in [4.69, 9.17) is 4.74 Å². The largest absolute Gasteiger partial charge is 0.480 e. The van der Waals surface area contributed by atoms with Crippen LogP contribution in [0.2, 0.25) is 0 Å². The van der Waals surface area contributed by atoms with Crippen LogP contribution >= 0.6 is 0 Å². The third-order valence-corrected chi connectivity index (χ3v) is 3.44. The van der Waals surface area contributed by atoms with E-state index in [1.165, 1.54) is 0 Å². The minimum atomic E-state index is -0.864. The van der Waals surface area contributed by atoms with Crippen molar-refractivity contribution in [2.45, 2.75) is 58.1 Å². The molecule has 1 aliphatic carbocycles. The van der Waals surface area contributed by atoms with Crippen LogP contribution in [0, 0.1) is 5.92 Å². The number of carbonyl (C=O) groups is 1. The van der Waals surface area contributed by atoms with Gasteiger partial charge in [-0.25, -0.2) is 0 Å². The Kier molecular flexibility index (Phi) is 5.40. The van der Waals surface area contributed by atoms with Crippen LogP contribution in [0.3, 0.4) is 0 Å². The summed E-state index contributed by atoms with van der Waals surface area (Å²) in [6.07, 6.45) is 4.16. The van der Waals surface area contributed by atoms with Gasteiger partial charge >= 0.3 is 5.97 Å². The van der Waals surface area contributed by atoms with E-state index in [0.29, 0.717) is 6.54 Å². The van der Waals surface area contributed by atoms with E-state index < -0.39 is 11.5 Å². The molecule has 0 amide bonds. The van der Waals surface area contributed by atoms with Gasteiger partial charge < -0.3 is 9.84 Å². The minimum Gasteiger partial charge on any atom is -0.480 e. The molecule has 2 N–H and O–H groups in total. The van der Waals surface area contributed by atoms with Gasteiger partial charge in [0.15, 0.2) is 0 Å². The maximum absolute atomic E-state index is 11.5. The van der Waals surface area contributed by atoms with Gasteiger partial charge in [0, 0.05) is 0 Å². The van der Waals surface area contributed by atoms with Crippen molar-refractivity contribution in [3.63, 3.8) is 0 Å². The van der Waals surface area contributed by atoms with E-state index in [2.05, 4.69) is 12.2 Å². The predicted octanol–water partition coefficient (Wildman–Crippen LogP) is 2.03. The Balaban J connectivity index is 2.59. The molecule has 2 atom stereocenters. The van der Waals surface area contributed by atoms with E-state index in [1.807, 2.05) is 13.8 Å². The molecule has 0 saturated heterocycles. The Morgan fingerprint density at radius 1 is 1.53 bits per heavy atom. The smallest absolute Gasteiger partial charge is 0.326 e. The standard InChI is InChI=1S/C13H25NO3/c1-4-6-10(3)17-9-13(12(15)16,14-5-2)11-7-8-11/h10-11,14H,4-9H2,1-3H3,(H,15,16). The Hall–Kier alpha value is -0.610. The Labute approximate surface area is 104 Å². The molecule has 1 aliphatic rings. The molecule has 0 spiro atoms. The van der Waals surface area contributed by atoms with Crippen molar-refractivity contribution >= 4 is 5.97 Å². The number of hydrogen-bond acceptors (Lipinski definition) is 3. The minimum absolute atomic E-state index is 0.135. The van der Waals surface area contributed by atoms with Gasteiger partial charge in [0.05, 0.1) is 12.7 Å². The number of hydrogen-bond donors (Lipinski definition) is 2. The van der Waals surface area contributed by atoms with E-state index in [9.17, 15) is 9.90 Å². The van der Waals surface area contributed by atoms with Crippen LogP contribution in [0.4, 0.5) is 0 Å². The highest BCUT2D eigenvalue weighted by molar-refractivity contribution is 5.80. The average molecular weight is 243 g/mol. The molecule has 4 heteroatoms. The van der Waals surface area contributed by atoms with Crippen LogP contribution in [0.1, 0.15) is 46.5 Å². The molecule has 100 valence electrons. The second-order valence-electron chi connectivity index (χ2n) is 4.99. The fourth-order valence-electron chi connectivity index (χ4n) is 2.28. The Morgan fingerprint density at radius 3 is 2.59 bits per heavy atom. The summed E-state index contributed by atoms with van der Waals surface area (Å²) >= 11 is 0. The molecule has 0 aromatic rings. The summed E-state index contributed by atoms with van der Waals surface area (Å²) in [5.74, 6) is -0.542. The van der Waals surface area contributed by atoms with Crippen molar-refractivity contribution in [1.29, 1.82) is 0 Å². The summed E-state index contributed by atoms with van der Waals surface area (Å²) in [5, 5.41) is 12.6. The molecule has 0 heterocycles. The molecule has 1 saturated carbocycles. The van der Waals surface area contributed by atoms with Gasteiger partial charge in [0.25, 0.3) is 0 Å². The van der Waals surface area contributed by atoms with Crippen molar-refractivity contribution < 1.29 is 14.6 Å². The molecule has 0 aromatic carbocycles. The molecule has 1 rings (SSSR count). The molecule has 1 fully saturated rings. The summed E-state index contributed by atoms with van der Waals surface area (Å²) in [5.41, 5.74) is -0.864. The third-order valence-electron chi connectivity index (χ3n) is 3.44. The van der Waals surface area contributed by atoms with Gasteiger partial charge in [-0.2, -0.15) is 0 Å². The normalized spacial score (nSPS) is 20.9. The van der Waals surface area contributed by atoms with E-state index >= 15 is 0 Å². The fraction of sp³-hybridized carbons (Fsp3) is 0.923. The lowest BCUT2D eigenvalue weighted by Crippen LogP contribution is -2.57. The summed E-state index contributed by atoms with van der Waals surface area (Å²) in [6, 6.07) is 0. The Morgan fingerprint density at radius 2 is 2.18 bits per heavy atom. The summed E-state index contributed by atoms with van der Waals surface area (Å²) in [4.78, 5) is 11.5. The lowest BCUT2D eigenvalue weighted by molar-refractivity contribution is -0.150. The number of ether oxygens (including phenoxy) is 1. The van der Waals surface area contributed by atoms with Crippen molar-refractivity contribution in [3.8, 4) is 0 Å². The molecule has 2 unspecified atom stereocenters. The first kappa shape index (κ1) is 14.5. The van der Waals surface area contributed by atoms with Crippen LogP contribution in [-0.4, -0.2) is 35.9 Å².